The number of amides is 3. The van der Waals surface area contributed by atoms with Gasteiger partial charge in [-0.15, -0.1) is 0 Å². The van der Waals surface area contributed by atoms with Gasteiger partial charge in [-0.1, -0.05) is 30.1 Å². The third-order valence-corrected chi connectivity index (χ3v) is 4.67. The van der Waals surface area contributed by atoms with Gasteiger partial charge >= 0.3 is 12.2 Å². The van der Waals surface area contributed by atoms with Crippen molar-refractivity contribution in [2.45, 2.75) is 25.9 Å². The molecule has 1 aromatic carbocycles. The summed E-state index contributed by atoms with van der Waals surface area (Å²) in [6, 6.07) is 2.00. The molecule has 3 amide bonds. The molecule has 1 aliphatic rings. The van der Waals surface area contributed by atoms with Gasteiger partial charge in [0.05, 0.1) is 18.1 Å². The van der Waals surface area contributed by atoms with E-state index in [1.807, 2.05) is 6.92 Å². The molecule has 0 aliphatic carbocycles. The number of aliphatic imine (C=N–C) groups is 1. The fourth-order valence-corrected chi connectivity index (χ4v) is 3.24. The van der Waals surface area contributed by atoms with E-state index in [2.05, 4.69) is 9.98 Å². The molecular weight excluding hydrogens is 481 g/mol. The number of pyridine rings is 1. The second kappa shape index (κ2) is 9.29. The van der Waals surface area contributed by atoms with Crippen LogP contribution in [0.1, 0.15) is 19.8 Å². The number of benzene rings is 1. The number of halogens is 6. The number of carbonyl (C=O) groups is 2. The molecule has 0 saturated carbocycles. The first-order valence-electron chi connectivity index (χ1n) is 8.99. The number of anilines is 1. The minimum absolute atomic E-state index is 0.0379. The van der Waals surface area contributed by atoms with E-state index in [0.29, 0.717) is 19.1 Å². The third-order valence-electron chi connectivity index (χ3n) is 4.04. The summed E-state index contributed by atoms with van der Waals surface area (Å²) < 4.78 is 64.3. The molecule has 0 fully saturated rings. The Labute approximate surface area is 188 Å². The highest BCUT2D eigenvalue weighted by molar-refractivity contribution is 6.41. The van der Waals surface area contributed by atoms with Crippen molar-refractivity contribution in [1.82, 2.24) is 4.98 Å². The SMILES string of the molecule is CCCOc1ncccc1Oc1c(Cl)cc(F)c(N2C(=O)CC(C(F)(F)F)=NC2=O)c1Cl. The van der Waals surface area contributed by atoms with Gasteiger partial charge in [0, 0.05) is 6.20 Å². The summed E-state index contributed by atoms with van der Waals surface area (Å²) in [6.07, 6.45) is -4.18. The van der Waals surface area contributed by atoms with E-state index in [0.717, 1.165) is 0 Å². The summed E-state index contributed by atoms with van der Waals surface area (Å²) in [4.78, 5) is 31.4. The van der Waals surface area contributed by atoms with Crippen LogP contribution in [0.15, 0.2) is 29.4 Å². The summed E-state index contributed by atoms with van der Waals surface area (Å²) >= 11 is 12.2. The second-order valence-electron chi connectivity index (χ2n) is 6.33. The Morgan fingerprint density at radius 3 is 2.59 bits per heavy atom. The number of hydrogen-bond donors (Lipinski definition) is 0. The van der Waals surface area contributed by atoms with Crippen LogP contribution in [0.2, 0.25) is 10.0 Å². The number of rotatable bonds is 6. The van der Waals surface area contributed by atoms with Crippen molar-refractivity contribution >= 4 is 46.5 Å². The Kier molecular flexibility index (Phi) is 6.89. The predicted molar refractivity (Wildman–Crippen MR) is 108 cm³/mol. The quantitative estimate of drug-likeness (QED) is 0.463. The monoisotopic (exact) mass is 493 g/mol. The lowest BCUT2D eigenvalue weighted by molar-refractivity contribution is -0.118. The largest absolute Gasteiger partial charge is 0.475 e. The first-order chi connectivity index (χ1) is 15.0. The van der Waals surface area contributed by atoms with Crippen LogP contribution in [-0.2, 0) is 4.79 Å². The summed E-state index contributed by atoms with van der Waals surface area (Å²) in [5, 5.41) is -0.967. The summed E-state index contributed by atoms with van der Waals surface area (Å²) in [7, 11) is 0. The standard InChI is InChI=1S/C19H13Cl2F4N3O4/c1-2-6-31-17-11(4-3-5-26-17)32-16-9(20)7-10(22)15(14(16)21)28-13(29)8-12(19(23,24)25)27-18(28)30/h3-5,7H,2,6,8H2,1H3. The first-order valence-corrected chi connectivity index (χ1v) is 9.75. The molecule has 0 bridgehead atoms. The molecule has 0 atom stereocenters. The highest BCUT2D eigenvalue weighted by atomic mass is 35.5. The zero-order valence-corrected chi connectivity index (χ0v) is 17.7. The first kappa shape index (κ1) is 23.7. The number of aromatic nitrogens is 1. The molecule has 0 saturated heterocycles. The van der Waals surface area contributed by atoms with Crippen molar-refractivity contribution in [3.8, 4) is 17.4 Å². The molecule has 1 aromatic heterocycles. The Bertz CT molecular complexity index is 1110. The number of imide groups is 1. The van der Waals surface area contributed by atoms with E-state index in [1.165, 1.54) is 18.3 Å². The normalized spacial score (nSPS) is 14.5. The van der Waals surface area contributed by atoms with Gasteiger partial charge in [-0.25, -0.2) is 19.1 Å². The predicted octanol–water partition coefficient (Wildman–Crippen LogP) is 5.97. The number of hydrogen-bond acceptors (Lipinski definition) is 5. The van der Waals surface area contributed by atoms with Gasteiger partial charge in [0.1, 0.15) is 16.4 Å². The lowest BCUT2D eigenvalue weighted by Crippen LogP contribution is -2.44. The van der Waals surface area contributed by atoms with Crippen LogP contribution in [0.4, 0.5) is 28.0 Å². The molecule has 2 heterocycles. The third kappa shape index (κ3) is 4.78. The molecule has 170 valence electrons. The number of carbonyl (C=O) groups excluding carboxylic acids is 2. The Morgan fingerprint density at radius 1 is 1.25 bits per heavy atom. The van der Waals surface area contributed by atoms with Crippen LogP contribution in [0.3, 0.4) is 0 Å². The molecule has 0 spiro atoms. The maximum Gasteiger partial charge on any atom is 0.430 e. The van der Waals surface area contributed by atoms with Crippen molar-refractivity contribution < 1.29 is 36.6 Å². The van der Waals surface area contributed by atoms with Gasteiger partial charge < -0.3 is 9.47 Å². The van der Waals surface area contributed by atoms with Crippen LogP contribution in [0, 0.1) is 5.82 Å². The lowest BCUT2D eigenvalue weighted by Gasteiger charge is -2.26. The highest BCUT2D eigenvalue weighted by Crippen LogP contribution is 2.46. The average molecular weight is 494 g/mol. The van der Waals surface area contributed by atoms with E-state index in [4.69, 9.17) is 32.7 Å². The maximum absolute atomic E-state index is 14.7. The van der Waals surface area contributed by atoms with Gasteiger partial charge in [-0.05, 0) is 24.6 Å². The molecule has 7 nitrogen and oxygen atoms in total. The molecule has 32 heavy (non-hydrogen) atoms. The molecule has 3 rings (SSSR count). The summed E-state index contributed by atoms with van der Waals surface area (Å²) in [6.45, 7) is 2.17. The van der Waals surface area contributed by atoms with E-state index in [9.17, 15) is 27.2 Å². The molecule has 0 radical (unpaired) electrons. The van der Waals surface area contributed by atoms with E-state index in [-0.39, 0.29) is 27.3 Å². The van der Waals surface area contributed by atoms with Crippen molar-refractivity contribution in [3.05, 3.63) is 40.3 Å². The van der Waals surface area contributed by atoms with Gasteiger partial charge in [0.25, 0.3) is 5.88 Å². The Morgan fingerprint density at radius 2 is 1.97 bits per heavy atom. The zero-order valence-electron chi connectivity index (χ0n) is 16.2. The molecule has 1 aliphatic heterocycles. The Hall–Kier alpha value is -2.92. The zero-order chi connectivity index (χ0) is 23.6. The maximum atomic E-state index is 14.7. The van der Waals surface area contributed by atoms with Gasteiger partial charge in [-0.3, -0.25) is 4.79 Å². The van der Waals surface area contributed by atoms with Crippen LogP contribution >= 0.6 is 23.2 Å². The fraction of sp³-hybridized carbons (Fsp3) is 0.263. The molecule has 13 heteroatoms. The summed E-state index contributed by atoms with van der Waals surface area (Å²) in [5.74, 6) is -2.88. The van der Waals surface area contributed by atoms with Crippen molar-refractivity contribution in [2.75, 3.05) is 11.5 Å². The van der Waals surface area contributed by atoms with E-state index >= 15 is 0 Å². The van der Waals surface area contributed by atoms with Crippen molar-refractivity contribution in [1.29, 1.82) is 0 Å². The molecular formula is C19H13Cl2F4N3O4. The topological polar surface area (TPSA) is 81.1 Å². The van der Waals surface area contributed by atoms with Crippen LogP contribution in [0.5, 0.6) is 17.4 Å². The summed E-state index contributed by atoms with van der Waals surface area (Å²) in [5.41, 5.74) is -2.44. The molecule has 0 N–H and O–H groups in total. The minimum atomic E-state index is -5.00. The fourth-order valence-electron chi connectivity index (χ4n) is 2.65. The van der Waals surface area contributed by atoms with Gasteiger partial charge in [0.2, 0.25) is 5.91 Å². The van der Waals surface area contributed by atoms with Gasteiger partial charge in [0.15, 0.2) is 17.3 Å². The average Bonchev–Trinajstić information content (AvgIpc) is 2.71. The van der Waals surface area contributed by atoms with Crippen molar-refractivity contribution in [3.63, 3.8) is 0 Å². The van der Waals surface area contributed by atoms with E-state index < -0.39 is 46.8 Å². The number of alkyl halides is 3. The van der Waals surface area contributed by atoms with Crippen LogP contribution < -0.4 is 14.4 Å². The number of urea groups is 1. The van der Waals surface area contributed by atoms with Crippen molar-refractivity contribution in [2.24, 2.45) is 4.99 Å². The van der Waals surface area contributed by atoms with Crippen LogP contribution in [-0.4, -0.2) is 35.4 Å². The lowest BCUT2D eigenvalue weighted by atomic mass is 10.1. The number of ether oxygens (including phenoxy) is 2. The second-order valence-corrected chi connectivity index (χ2v) is 7.12. The van der Waals surface area contributed by atoms with Gasteiger partial charge in [-0.2, -0.15) is 18.2 Å². The minimum Gasteiger partial charge on any atom is -0.475 e. The molecule has 0 unspecified atom stereocenters. The smallest absolute Gasteiger partial charge is 0.430 e. The number of nitrogens with zero attached hydrogens (tertiary/aromatic N) is 3. The van der Waals surface area contributed by atoms with E-state index in [1.54, 1.807) is 0 Å². The molecule has 2 aromatic rings. The highest BCUT2D eigenvalue weighted by Gasteiger charge is 2.44. The Balaban J connectivity index is 2.05. The van der Waals surface area contributed by atoms with Crippen LogP contribution in [0.25, 0.3) is 0 Å².